The summed E-state index contributed by atoms with van der Waals surface area (Å²) < 4.78 is 10.9. The number of hydrogen-bond acceptors (Lipinski definition) is 5. The lowest BCUT2D eigenvalue weighted by Gasteiger charge is -2.11. The van der Waals surface area contributed by atoms with Crippen LogP contribution in [0.25, 0.3) is 0 Å². The lowest BCUT2D eigenvalue weighted by molar-refractivity contribution is -0.118. The van der Waals surface area contributed by atoms with Crippen molar-refractivity contribution in [1.29, 1.82) is 0 Å². The van der Waals surface area contributed by atoms with Crippen molar-refractivity contribution in [3.05, 3.63) is 88.4 Å². The second-order valence-electron chi connectivity index (χ2n) is 6.82. The van der Waals surface area contributed by atoms with Crippen LogP contribution in [0.5, 0.6) is 11.5 Å². The second-order valence-corrected chi connectivity index (χ2v) is 7.26. The Balaban J connectivity index is 1.56. The molecule has 0 saturated heterocycles. The zero-order chi connectivity index (χ0) is 22.9. The monoisotopic (exact) mass is 451 g/mol. The molecular weight excluding hydrogens is 430 g/mol. The van der Waals surface area contributed by atoms with Crippen molar-refractivity contribution in [2.75, 3.05) is 19.0 Å². The van der Waals surface area contributed by atoms with E-state index in [1.54, 1.807) is 42.5 Å². The Labute approximate surface area is 191 Å². The summed E-state index contributed by atoms with van der Waals surface area (Å²) in [5.41, 5.74) is 5.32. The van der Waals surface area contributed by atoms with Crippen LogP contribution in [0.3, 0.4) is 0 Å². The fourth-order valence-electron chi connectivity index (χ4n) is 2.78. The highest BCUT2D eigenvalue weighted by molar-refractivity contribution is 6.30. The summed E-state index contributed by atoms with van der Waals surface area (Å²) in [5, 5.41) is 7.29. The van der Waals surface area contributed by atoms with E-state index >= 15 is 0 Å². The summed E-state index contributed by atoms with van der Waals surface area (Å²) in [6.45, 7) is 1.78. The third kappa shape index (κ3) is 6.58. The first-order valence-electron chi connectivity index (χ1n) is 9.71. The van der Waals surface area contributed by atoms with E-state index in [9.17, 15) is 9.59 Å². The largest absolute Gasteiger partial charge is 0.493 e. The number of aryl methyl sites for hydroxylation is 1. The Hall–Kier alpha value is -3.84. The molecule has 0 unspecified atom stereocenters. The number of nitrogens with one attached hydrogen (secondary N) is 2. The molecule has 0 aliphatic rings. The van der Waals surface area contributed by atoms with Crippen LogP contribution in [0.2, 0.25) is 5.02 Å². The van der Waals surface area contributed by atoms with Crippen LogP contribution in [0.4, 0.5) is 5.69 Å². The average Bonchev–Trinajstić information content (AvgIpc) is 2.78. The van der Waals surface area contributed by atoms with Crippen LogP contribution in [0.1, 0.15) is 21.5 Å². The van der Waals surface area contributed by atoms with Crippen molar-refractivity contribution < 1.29 is 19.1 Å². The molecule has 32 heavy (non-hydrogen) atoms. The molecule has 2 N–H and O–H groups in total. The predicted octanol–water partition coefficient (Wildman–Crippen LogP) is 4.44. The molecule has 8 heteroatoms. The smallest absolute Gasteiger partial charge is 0.271 e. The van der Waals surface area contributed by atoms with Crippen LogP contribution in [0, 0.1) is 6.92 Å². The van der Waals surface area contributed by atoms with Crippen LogP contribution < -0.4 is 20.2 Å². The molecule has 0 bridgehead atoms. The maximum atomic E-state index is 12.2. The maximum absolute atomic E-state index is 12.2. The van der Waals surface area contributed by atoms with E-state index in [1.807, 2.05) is 31.2 Å². The second kappa shape index (κ2) is 11.0. The van der Waals surface area contributed by atoms with Gasteiger partial charge in [-0.2, -0.15) is 5.10 Å². The summed E-state index contributed by atoms with van der Waals surface area (Å²) in [4.78, 5) is 24.2. The van der Waals surface area contributed by atoms with Crippen molar-refractivity contribution in [1.82, 2.24) is 5.43 Å². The Kier molecular flexibility index (Phi) is 7.83. The van der Waals surface area contributed by atoms with Gasteiger partial charge in [0.1, 0.15) is 0 Å². The summed E-state index contributed by atoms with van der Waals surface area (Å²) in [7, 11) is 1.50. The number of carbonyl (C=O) groups is 2. The fraction of sp³-hybridized carbons (Fsp3) is 0.125. The van der Waals surface area contributed by atoms with Crippen molar-refractivity contribution >= 4 is 35.3 Å². The summed E-state index contributed by atoms with van der Waals surface area (Å²) >= 11 is 5.82. The van der Waals surface area contributed by atoms with Crippen molar-refractivity contribution in [2.45, 2.75) is 6.92 Å². The van der Waals surface area contributed by atoms with E-state index < -0.39 is 0 Å². The normalized spacial score (nSPS) is 10.6. The molecule has 3 rings (SSSR count). The van der Waals surface area contributed by atoms with Gasteiger partial charge in [-0.05, 0) is 72.6 Å². The number of anilines is 1. The Bertz CT molecular complexity index is 1130. The standard InChI is InChI=1S/C24H22ClN3O4/c1-16-4-3-5-20(12-16)27-23(29)15-32-21-11-6-17(13-22(21)31-2)14-26-28-24(30)18-7-9-19(25)10-8-18/h3-14H,15H2,1-2H3,(H,27,29)(H,28,30)/b26-14-. The van der Waals surface area contributed by atoms with Crippen LogP contribution in [-0.2, 0) is 4.79 Å². The molecule has 3 aromatic carbocycles. The molecule has 0 aromatic heterocycles. The lowest BCUT2D eigenvalue weighted by atomic mass is 10.2. The van der Waals surface area contributed by atoms with Crippen molar-refractivity contribution in [3.63, 3.8) is 0 Å². The molecule has 0 aliphatic heterocycles. The number of methoxy groups -OCH3 is 1. The van der Waals surface area contributed by atoms with Crippen LogP contribution in [0.15, 0.2) is 71.8 Å². The van der Waals surface area contributed by atoms with Gasteiger partial charge in [0.25, 0.3) is 11.8 Å². The van der Waals surface area contributed by atoms with Gasteiger partial charge in [-0.15, -0.1) is 0 Å². The molecule has 0 spiro atoms. The Morgan fingerprint density at radius 2 is 1.81 bits per heavy atom. The van der Waals surface area contributed by atoms with Crippen molar-refractivity contribution in [3.8, 4) is 11.5 Å². The minimum atomic E-state index is -0.357. The van der Waals surface area contributed by atoms with Gasteiger partial charge in [0.05, 0.1) is 13.3 Å². The first-order valence-corrected chi connectivity index (χ1v) is 10.1. The first kappa shape index (κ1) is 22.8. The molecule has 2 amide bonds. The molecule has 0 fully saturated rings. The first-order chi connectivity index (χ1) is 15.4. The number of hydrogen-bond donors (Lipinski definition) is 2. The van der Waals surface area contributed by atoms with Crippen LogP contribution >= 0.6 is 11.6 Å². The molecular formula is C24H22ClN3O4. The summed E-state index contributed by atoms with van der Waals surface area (Å²) in [6, 6.07) is 19.1. The highest BCUT2D eigenvalue weighted by Gasteiger charge is 2.09. The Morgan fingerprint density at radius 3 is 2.53 bits per heavy atom. The number of amides is 2. The number of rotatable bonds is 8. The van der Waals surface area contributed by atoms with Gasteiger partial charge in [-0.1, -0.05) is 23.7 Å². The Morgan fingerprint density at radius 1 is 1.03 bits per heavy atom. The van der Waals surface area contributed by atoms with Gasteiger partial charge in [0.2, 0.25) is 0 Å². The van der Waals surface area contributed by atoms with E-state index in [0.717, 1.165) is 5.56 Å². The summed E-state index contributed by atoms with van der Waals surface area (Å²) in [5.74, 6) is 0.202. The number of halogens is 1. The zero-order valence-electron chi connectivity index (χ0n) is 17.6. The zero-order valence-corrected chi connectivity index (χ0v) is 18.3. The molecule has 0 atom stereocenters. The van der Waals surface area contributed by atoms with E-state index in [2.05, 4.69) is 15.8 Å². The van der Waals surface area contributed by atoms with E-state index in [4.69, 9.17) is 21.1 Å². The minimum Gasteiger partial charge on any atom is -0.493 e. The quantitative estimate of drug-likeness (QED) is 0.391. The number of carbonyl (C=O) groups excluding carboxylic acids is 2. The van der Waals surface area contributed by atoms with Crippen LogP contribution in [-0.4, -0.2) is 31.7 Å². The SMILES string of the molecule is COc1cc(/C=N\NC(=O)c2ccc(Cl)cc2)ccc1OCC(=O)Nc1cccc(C)c1. The summed E-state index contributed by atoms with van der Waals surface area (Å²) in [6.07, 6.45) is 1.48. The lowest BCUT2D eigenvalue weighted by Crippen LogP contribution is -2.20. The third-order valence-corrected chi connectivity index (χ3v) is 4.59. The molecule has 7 nitrogen and oxygen atoms in total. The number of benzene rings is 3. The molecule has 0 radical (unpaired) electrons. The number of hydrazone groups is 1. The highest BCUT2D eigenvalue weighted by Crippen LogP contribution is 2.27. The third-order valence-electron chi connectivity index (χ3n) is 4.33. The topological polar surface area (TPSA) is 89.0 Å². The predicted molar refractivity (Wildman–Crippen MR) is 125 cm³/mol. The van der Waals surface area contributed by atoms with Crippen molar-refractivity contribution in [2.24, 2.45) is 5.10 Å². The van der Waals surface area contributed by atoms with Gasteiger partial charge in [-0.3, -0.25) is 9.59 Å². The van der Waals surface area contributed by atoms with E-state index in [0.29, 0.717) is 33.3 Å². The number of nitrogens with zero attached hydrogens (tertiary/aromatic N) is 1. The van der Waals surface area contributed by atoms with Gasteiger partial charge >= 0.3 is 0 Å². The molecule has 0 saturated carbocycles. The maximum Gasteiger partial charge on any atom is 0.271 e. The van der Waals surface area contributed by atoms with E-state index in [-0.39, 0.29) is 18.4 Å². The number of ether oxygens (including phenoxy) is 2. The molecule has 164 valence electrons. The molecule has 0 aliphatic carbocycles. The highest BCUT2D eigenvalue weighted by atomic mass is 35.5. The minimum absolute atomic E-state index is 0.172. The van der Waals surface area contributed by atoms with Gasteiger partial charge in [0, 0.05) is 16.3 Å². The van der Waals surface area contributed by atoms with Gasteiger partial charge in [0.15, 0.2) is 18.1 Å². The van der Waals surface area contributed by atoms with Gasteiger partial charge < -0.3 is 14.8 Å². The fourth-order valence-corrected chi connectivity index (χ4v) is 2.90. The molecule has 3 aromatic rings. The average molecular weight is 452 g/mol. The van der Waals surface area contributed by atoms with Gasteiger partial charge in [-0.25, -0.2) is 5.43 Å². The van der Waals surface area contributed by atoms with E-state index in [1.165, 1.54) is 13.3 Å². The molecule has 0 heterocycles.